The lowest BCUT2D eigenvalue weighted by Gasteiger charge is -2.20. The van der Waals surface area contributed by atoms with Crippen LogP contribution in [0.25, 0.3) is 0 Å². The summed E-state index contributed by atoms with van der Waals surface area (Å²) < 4.78 is 34.9. The average molecular weight is 459 g/mol. The van der Waals surface area contributed by atoms with Crippen LogP contribution in [0.4, 0.5) is 9.57 Å². The smallest absolute Gasteiger partial charge is 0.335 e. The average Bonchev–Trinajstić information content (AvgIpc) is 2.66. The van der Waals surface area contributed by atoms with Gasteiger partial charge >= 0.3 is 16.2 Å². The first-order chi connectivity index (χ1) is 10.1. The lowest BCUT2D eigenvalue weighted by Crippen LogP contribution is -2.26. The number of hydrogen-bond acceptors (Lipinski definition) is 4. The van der Waals surface area contributed by atoms with E-state index in [1.807, 2.05) is 0 Å². The Balaban J connectivity index is 2.33. The fourth-order valence-electron chi connectivity index (χ4n) is 2.34. The molecule has 0 saturated carbocycles. The summed E-state index contributed by atoms with van der Waals surface area (Å²) in [5.41, 5.74) is 0.422. The lowest BCUT2D eigenvalue weighted by molar-refractivity contribution is -0.117. The zero-order valence-electron chi connectivity index (χ0n) is 10.9. The van der Waals surface area contributed by atoms with Crippen molar-refractivity contribution in [3.8, 4) is 0 Å². The van der Waals surface area contributed by atoms with Crippen molar-refractivity contribution in [3.05, 3.63) is 26.6 Å². The largest absolute Gasteiger partial charge is 0.478 e. The Kier molecular flexibility index (Phi) is 4.93. The van der Waals surface area contributed by atoms with Crippen molar-refractivity contribution in [3.63, 3.8) is 0 Å². The van der Waals surface area contributed by atoms with E-state index < -0.39 is 27.9 Å². The summed E-state index contributed by atoms with van der Waals surface area (Å²) >= 11 is 6.41. The quantitative estimate of drug-likeness (QED) is 0.700. The molecule has 1 amide bonds. The molecule has 10 heteroatoms. The van der Waals surface area contributed by atoms with Crippen molar-refractivity contribution in [1.82, 2.24) is 0 Å². The number of anilines is 1. The van der Waals surface area contributed by atoms with Crippen molar-refractivity contribution >= 4 is 59.6 Å². The van der Waals surface area contributed by atoms with Crippen LogP contribution in [0.1, 0.15) is 16.8 Å². The maximum absolute atomic E-state index is 12.8. The molecule has 2 rings (SSSR count). The number of benzene rings is 1. The van der Waals surface area contributed by atoms with Gasteiger partial charge in [0, 0.05) is 27.8 Å². The first kappa shape index (κ1) is 17.4. The second kappa shape index (κ2) is 6.25. The predicted molar refractivity (Wildman–Crippen MR) is 84.2 cm³/mol. The molecule has 1 aliphatic heterocycles. The summed E-state index contributed by atoms with van der Waals surface area (Å²) in [5, 5.41) is 8.98. The van der Waals surface area contributed by atoms with E-state index >= 15 is 0 Å². The highest BCUT2D eigenvalue weighted by atomic mass is 79.9. The van der Waals surface area contributed by atoms with Gasteiger partial charge in [0.25, 0.3) is 0 Å². The molecule has 0 radical (unpaired) electrons. The van der Waals surface area contributed by atoms with Crippen LogP contribution < -0.4 is 4.90 Å². The number of aromatic carboxylic acids is 1. The van der Waals surface area contributed by atoms with Gasteiger partial charge in [0.05, 0.1) is 17.0 Å². The summed E-state index contributed by atoms with van der Waals surface area (Å²) in [4.78, 5) is 24.3. The topological polar surface area (TPSA) is 91.8 Å². The molecule has 1 aromatic rings. The molecule has 0 spiro atoms. The van der Waals surface area contributed by atoms with Crippen LogP contribution in [-0.2, 0) is 15.0 Å². The van der Waals surface area contributed by atoms with Gasteiger partial charge in [0.2, 0.25) is 5.91 Å². The first-order valence-corrected chi connectivity index (χ1v) is 9.17. The van der Waals surface area contributed by atoms with E-state index in [1.54, 1.807) is 0 Å². The number of halogens is 3. The normalized spacial score (nSPS) is 18.8. The van der Waals surface area contributed by atoms with Gasteiger partial charge in [-0.05, 0) is 44.0 Å². The van der Waals surface area contributed by atoms with Gasteiger partial charge in [-0.25, -0.2) is 4.79 Å². The third kappa shape index (κ3) is 3.85. The Hall–Kier alpha value is -1.00. The van der Waals surface area contributed by atoms with Gasteiger partial charge < -0.3 is 10.0 Å². The van der Waals surface area contributed by atoms with Crippen LogP contribution in [0.2, 0.25) is 0 Å². The number of rotatable bonds is 4. The van der Waals surface area contributed by atoms with Crippen molar-refractivity contribution in [2.24, 2.45) is 5.92 Å². The fraction of sp³-hybridized carbons (Fsp3) is 0.333. The zero-order chi connectivity index (χ0) is 16.7. The molecule has 1 saturated heterocycles. The standard InChI is InChI=1S/C12H10Br2FNO5S/c13-8-2-7(12(18)19)3-9(14)11(8)16-4-6(1-10(16)17)5-22(15,20)21/h2-3,6H,1,4-5H2,(H,18,19). The third-order valence-electron chi connectivity index (χ3n) is 3.17. The van der Waals surface area contributed by atoms with E-state index in [9.17, 15) is 21.9 Å². The zero-order valence-corrected chi connectivity index (χ0v) is 14.9. The number of hydrogen-bond donors (Lipinski definition) is 1. The van der Waals surface area contributed by atoms with Gasteiger partial charge in [-0.15, -0.1) is 3.89 Å². The minimum absolute atomic E-state index is 0.0250. The molecule has 1 heterocycles. The molecular weight excluding hydrogens is 449 g/mol. The molecule has 1 fully saturated rings. The summed E-state index contributed by atoms with van der Waals surface area (Å²) in [5.74, 6) is -2.82. The summed E-state index contributed by atoms with van der Waals surface area (Å²) in [6.45, 7) is 0.0472. The Labute approximate surface area is 142 Å². The minimum atomic E-state index is -4.65. The van der Waals surface area contributed by atoms with Crippen molar-refractivity contribution in [1.29, 1.82) is 0 Å². The van der Waals surface area contributed by atoms with E-state index in [0.717, 1.165) is 0 Å². The van der Waals surface area contributed by atoms with Crippen molar-refractivity contribution in [2.75, 3.05) is 17.2 Å². The lowest BCUT2D eigenvalue weighted by atomic mass is 10.1. The molecule has 0 aromatic heterocycles. The number of carboxylic acid groups (broad SMARTS) is 1. The molecule has 1 aromatic carbocycles. The maximum atomic E-state index is 12.8. The Bertz CT molecular complexity index is 729. The van der Waals surface area contributed by atoms with Crippen LogP contribution >= 0.6 is 31.9 Å². The molecule has 1 aliphatic rings. The molecule has 1 N–H and O–H groups in total. The summed E-state index contributed by atoms with van der Waals surface area (Å²) in [7, 11) is -4.65. The summed E-state index contributed by atoms with van der Waals surface area (Å²) in [6, 6.07) is 2.68. The van der Waals surface area contributed by atoms with Gasteiger partial charge in [0.1, 0.15) is 0 Å². The number of amides is 1. The van der Waals surface area contributed by atoms with Crippen LogP contribution in [-0.4, -0.2) is 37.7 Å². The van der Waals surface area contributed by atoms with Crippen LogP contribution in [0.5, 0.6) is 0 Å². The number of carboxylic acids is 1. The second-order valence-electron chi connectivity index (χ2n) is 4.87. The number of carbonyl (C=O) groups is 2. The highest BCUT2D eigenvalue weighted by molar-refractivity contribution is 9.11. The van der Waals surface area contributed by atoms with E-state index in [4.69, 9.17) is 5.11 Å². The van der Waals surface area contributed by atoms with E-state index in [2.05, 4.69) is 31.9 Å². The second-order valence-corrected chi connectivity index (χ2v) is 7.99. The molecule has 120 valence electrons. The van der Waals surface area contributed by atoms with Gasteiger partial charge in [-0.1, -0.05) is 0 Å². The predicted octanol–water partition coefficient (Wildman–Crippen LogP) is 2.56. The molecular formula is C12H10Br2FNO5S. The first-order valence-electron chi connectivity index (χ1n) is 6.03. The van der Waals surface area contributed by atoms with E-state index in [1.165, 1.54) is 17.0 Å². The number of carbonyl (C=O) groups excluding carboxylic acids is 1. The van der Waals surface area contributed by atoms with Crippen molar-refractivity contribution in [2.45, 2.75) is 6.42 Å². The summed E-state index contributed by atoms with van der Waals surface area (Å²) in [6.07, 6.45) is -0.0806. The highest BCUT2D eigenvalue weighted by Gasteiger charge is 2.35. The van der Waals surface area contributed by atoms with E-state index in [0.29, 0.717) is 14.6 Å². The van der Waals surface area contributed by atoms with Gasteiger partial charge in [-0.3, -0.25) is 4.79 Å². The molecule has 1 atom stereocenters. The highest BCUT2D eigenvalue weighted by Crippen LogP contribution is 2.38. The van der Waals surface area contributed by atoms with Gasteiger partial charge in [-0.2, -0.15) is 8.42 Å². The molecule has 1 unspecified atom stereocenters. The Morgan fingerprint density at radius 2 is 1.91 bits per heavy atom. The third-order valence-corrected chi connectivity index (χ3v) is 5.25. The molecule has 0 aliphatic carbocycles. The van der Waals surface area contributed by atoms with Gasteiger partial charge in [0.15, 0.2) is 0 Å². The van der Waals surface area contributed by atoms with Crippen LogP contribution in [0, 0.1) is 5.92 Å². The SMILES string of the molecule is O=C(O)c1cc(Br)c(N2CC(CS(=O)(=O)F)CC2=O)c(Br)c1. The minimum Gasteiger partial charge on any atom is -0.478 e. The fourth-order valence-corrected chi connectivity index (χ4v) is 4.74. The van der Waals surface area contributed by atoms with Crippen molar-refractivity contribution < 1.29 is 27.0 Å². The molecule has 0 bridgehead atoms. The number of nitrogens with zero attached hydrogens (tertiary/aromatic N) is 1. The Morgan fingerprint density at radius 3 is 2.36 bits per heavy atom. The van der Waals surface area contributed by atoms with Crippen LogP contribution in [0.15, 0.2) is 21.1 Å². The van der Waals surface area contributed by atoms with Crippen LogP contribution in [0.3, 0.4) is 0 Å². The van der Waals surface area contributed by atoms with E-state index in [-0.39, 0.29) is 24.4 Å². The molecule has 22 heavy (non-hydrogen) atoms. The maximum Gasteiger partial charge on any atom is 0.335 e. The molecule has 6 nitrogen and oxygen atoms in total. The Morgan fingerprint density at radius 1 is 1.36 bits per heavy atom. The monoisotopic (exact) mass is 457 g/mol.